The molecule has 7 N–H and O–H groups in total. The van der Waals surface area contributed by atoms with E-state index in [1.807, 2.05) is 60.7 Å². The smallest absolute Gasteiger partial charge is 0.332 e. The molecule has 13 nitrogen and oxygen atoms in total. The molecule has 0 bridgehead atoms. The monoisotopic (exact) mass is 856 g/mol. The van der Waals surface area contributed by atoms with Crippen molar-refractivity contribution >= 4 is 41.0 Å². The Balaban J connectivity index is 0.000000239. The fourth-order valence-electron chi connectivity index (χ4n) is 8.19. The van der Waals surface area contributed by atoms with Crippen molar-refractivity contribution in [2.45, 2.75) is 109 Å². The fourth-order valence-corrected chi connectivity index (χ4v) is 8.19. The molecule has 0 spiro atoms. The Morgan fingerprint density at radius 3 is 1.40 bits per heavy atom. The Hall–Kier alpha value is -6.63. The van der Waals surface area contributed by atoms with E-state index in [1.54, 1.807) is 38.1 Å². The number of nitrogens with one attached hydrogen (secondary N) is 2. The van der Waals surface area contributed by atoms with Crippen LogP contribution in [-0.4, -0.2) is 58.3 Å². The Morgan fingerprint density at radius 1 is 0.619 bits per heavy atom. The lowest BCUT2D eigenvalue weighted by Gasteiger charge is -2.17. The highest BCUT2D eigenvalue weighted by Gasteiger charge is 2.33. The lowest BCUT2D eigenvalue weighted by molar-refractivity contribution is -0.141. The zero-order valence-electron chi connectivity index (χ0n) is 36.4. The summed E-state index contributed by atoms with van der Waals surface area (Å²) >= 11 is 0. The number of oxime groups is 2. The van der Waals surface area contributed by atoms with Gasteiger partial charge in [0.15, 0.2) is 23.2 Å². The SMILES string of the molecule is CC(=O)O/N=C(\N)c1ccc(CCC(=O)[C@H](C)NC(=O)[C@@H]2CC[C@@H](c3ccccc3)C2)cc1.C[C@H](NC(=O)[C@@H]1CC[C@@H](c2ccccc2)C1)C(=O)CCc1ccc(/C(N)=N/O)cc1. The number of amidine groups is 2. The summed E-state index contributed by atoms with van der Waals surface area (Å²) in [4.78, 5) is 65.7. The predicted octanol–water partition coefficient (Wildman–Crippen LogP) is 6.83. The van der Waals surface area contributed by atoms with Gasteiger partial charge in [-0.25, -0.2) is 4.79 Å². The molecule has 2 aliphatic carbocycles. The number of hydrogen-bond acceptors (Lipinski definition) is 9. The van der Waals surface area contributed by atoms with E-state index in [0.29, 0.717) is 48.6 Å². The third-order valence-electron chi connectivity index (χ3n) is 12.0. The molecule has 2 amide bonds. The van der Waals surface area contributed by atoms with Crippen molar-refractivity contribution in [2.75, 3.05) is 0 Å². The van der Waals surface area contributed by atoms with Gasteiger partial charge < -0.3 is 32.1 Å². The first-order chi connectivity index (χ1) is 30.3. The first kappa shape index (κ1) is 47.4. The molecule has 0 unspecified atom stereocenters. The Bertz CT molecular complexity index is 2210. The van der Waals surface area contributed by atoms with Crippen LogP contribution in [0, 0.1) is 11.8 Å². The second kappa shape index (κ2) is 23.5. The summed E-state index contributed by atoms with van der Waals surface area (Å²) in [6.45, 7) is 4.75. The number of ketones is 2. The van der Waals surface area contributed by atoms with Crippen molar-refractivity contribution in [3.8, 4) is 0 Å². The van der Waals surface area contributed by atoms with E-state index in [-0.39, 0.29) is 46.9 Å². The largest absolute Gasteiger partial charge is 0.409 e. The number of benzene rings is 4. The number of nitrogens with zero attached hydrogens (tertiary/aromatic N) is 2. The first-order valence-electron chi connectivity index (χ1n) is 21.7. The first-order valence-corrected chi connectivity index (χ1v) is 21.7. The van der Waals surface area contributed by atoms with Crippen molar-refractivity contribution in [3.63, 3.8) is 0 Å². The molecule has 13 heteroatoms. The highest BCUT2D eigenvalue weighted by Crippen LogP contribution is 2.39. The zero-order chi connectivity index (χ0) is 45.3. The van der Waals surface area contributed by atoms with Gasteiger partial charge in [0.2, 0.25) is 11.8 Å². The van der Waals surface area contributed by atoms with Gasteiger partial charge in [-0.05, 0) is 99.3 Å². The van der Waals surface area contributed by atoms with Gasteiger partial charge in [0.25, 0.3) is 0 Å². The van der Waals surface area contributed by atoms with Crippen molar-refractivity contribution in [2.24, 2.45) is 33.6 Å². The molecular formula is C50H60N6O7. The third-order valence-corrected chi connectivity index (χ3v) is 12.0. The maximum Gasteiger partial charge on any atom is 0.332 e. The minimum absolute atomic E-state index is 0.000896. The number of hydrogen-bond donors (Lipinski definition) is 5. The number of nitrogens with two attached hydrogens (primary N) is 2. The molecule has 6 atom stereocenters. The van der Waals surface area contributed by atoms with Gasteiger partial charge in [-0.15, -0.1) is 0 Å². The van der Waals surface area contributed by atoms with Gasteiger partial charge in [0.05, 0.1) is 12.1 Å². The minimum Gasteiger partial charge on any atom is -0.409 e. The number of aryl methyl sites for hydroxylation is 2. The quantitative estimate of drug-likeness (QED) is 0.0247. The highest BCUT2D eigenvalue weighted by atomic mass is 16.7. The molecule has 2 fully saturated rings. The van der Waals surface area contributed by atoms with E-state index in [1.165, 1.54) is 18.1 Å². The summed E-state index contributed by atoms with van der Waals surface area (Å²) in [6.07, 6.45) is 7.19. The predicted molar refractivity (Wildman–Crippen MR) is 243 cm³/mol. The lowest BCUT2D eigenvalue weighted by atomic mass is 9.96. The maximum absolute atomic E-state index is 12.7. The second-order valence-corrected chi connectivity index (χ2v) is 16.6. The van der Waals surface area contributed by atoms with E-state index in [0.717, 1.165) is 49.7 Å². The standard InChI is InChI=1S/C26H31N3O4.C24H29N3O3/c1-17(28-26(32)23-14-13-22(16-23)20-6-4-3-5-7-20)24(31)15-10-19-8-11-21(12-9-19)25(27)29-33-18(2)30;1-16(22(28)14-9-17-7-10-19(11-8-17)23(25)27-30)26-24(29)21-13-12-20(15-21)18-5-3-2-4-6-18/h3-9,11-12,17,22-23H,10,13-16H2,1-2H3,(H2,27,29)(H,28,32);2-8,10-11,16,20-21,30H,9,12-15H2,1H3,(H2,25,27)(H,26,29)/t17-,22+,23+;16-,20+,21+/m00/s1. The Labute approximate surface area is 369 Å². The minimum atomic E-state index is -0.543. The fraction of sp³-hybridized carbons (Fsp3) is 0.380. The van der Waals surface area contributed by atoms with Crippen molar-refractivity contribution in [1.29, 1.82) is 0 Å². The molecule has 0 heterocycles. The summed E-state index contributed by atoms with van der Waals surface area (Å²) in [5.41, 5.74) is 17.1. The molecule has 63 heavy (non-hydrogen) atoms. The summed E-state index contributed by atoms with van der Waals surface area (Å²) in [7, 11) is 0. The molecule has 0 aliphatic heterocycles. The maximum atomic E-state index is 12.7. The van der Waals surface area contributed by atoms with Gasteiger partial charge in [0, 0.05) is 42.7 Å². The molecule has 332 valence electrons. The average Bonchev–Trinajstić information content (AvgIpc) is 4.02. The summed E-state index contributed by atoms with van der Waals surface area (Å²) in [5, 5.41) is 21.1. The Morgan fingerprint density at radius 2 is 1.02 bits per heavy atom. The van der Waals surface area contributed by atoms with E-state index in [2.05, 4.69) is 50.0 Å². The van der Waals surface area contributed by atoms with Crippen molar-refractivity contribution in [1.82, 2.24) is 10.6 Å². The van der Waals surface area contributed by atoms with Gasteiger partial charge in [0.1, 0.15) is 0 Å². The van der Waals surface area contributed by atoms with Crippen LogP contribution in [0.1, 0.15) is 117 Å². The zero-order valence-corrected chi connectivity index (χ0v) is 36.4. The number of rotatable bonds is 17. The summed E-state index contributed by atoms with van der Waals surface area (Å²) in [5.74, 6) is 0.332. The molecule has 0 radical (unpaired) electrons. The van der Waals surface area contributed by atoms with Crippen LogP contribution in [0.15, 0.2) is 120 Å². The second-order valence-electron chi connectivity index (χ2n) is 16.6. The van der Waals surface area contributed by atoms with Gasteiger partial charge in [-0.3, -0.25) is 19.2 Å². The van der Waals surface area contributed by atoms with Crippen LogP contribution in [0.4, 0.5) is 0 Å². The van der Waals surface area contributed by atoms with Gasteiger partial charge >= 0.3 is 5.97 Å². The molecule has 6 rings (SSSR count). The van der Waals surface area contributed by atoms with Crippen LogP contribution < -0.4 is 22.1 Å². The number of carbonyl (C=O) groups is 5. The highest BCUT2D eigenvalue weighted by molar-refractivity contribution is 5.98. The number of carbonyl (C=O) groups excluding carboxylic acids is 5. The van der Waals surface area contributed by atoms with E-state index in [4.69, 9.17) is 16.7 Å². The van der Waals surface area contributed by atoms with Crippen LogP contribution in [0.25, 0.3) is 0 Å². The molecular weight excluding hydrogens is 797 g/mol. The number of amides is 2. The molecule has 2 saturated carbocycles. The van der Waals surface area contributed by atoms with Crippen LogP contribution in [0.3, 0.4) is 0 Å². The topological polar surface area (TPSA) is 216 Å². The summed E-state index contributed by atoms with van der Waals surface area (Å²) < 4.78 is 0. The van der Waals surface area contributed by atoms with Crippen molar-refractivity contribution in [3.05, 3.63) is 143 Å². The van der Waals surface area contributed by atoms with Crippen LogP contribution >= 0.6 is 0 Å². The Kier molecular flexibility index (Phi) is 17.7. The van der Waals surface area contributed by atoms with E-state index >= 15 is 0 Å². The lowest BCUT2D eigenvalue weighted by Crippen LogP contribution is -2.41. The van der Waals surface area contributed by atoms with Crippen molar-refractivity contribution < 1.29 is 34.0 Å². The van der Waals surface area contributed by atoms with Gasteiger partial charge in [-0.2, -0.15) is 0 Å². The van der Waals surface area contributed by atoms with Crippen LogP contribution in [0.5, 0.6) is 0 Å². The summed E-state index contributed by atoms with van der Waals surface area (Å²) in [6, 6.07) is 34.0. The van der Waals surface area contributed by atoms with Crippen LogP contribution in [-0.2, 0) is 41.7 Å². The molecule has 0 saturated heterocycles. The molecule has 2 aliphatic rings. The average molecular weight is 857 g/mol. The normalized spacial score (nSPS) is 19.5. The molecule has 4 aromatic rings. The van der Waals surface area contributed by atoms with Crippen LogP contribution in [0.2, 0.25) is 0 Å². The third kappa shape index (κ3) is 14.5. The van der Waals surface area contributed by atoms with E-state index in [9.17, 15) is 24.0 Å². The van der Waals surface area contributed by atoms with Gasteiger partial charge in [-0.1, -0.05) is 120 Å². The number of Topliss-reactive ketones (excluding diaryl/α,β-unsaturated/α-hetero) is 2. The van der Waals surface area contributed by atoms with E-state index < -0.39 is 18.1 Å². The molecule has 0 aromatic heterocycles. The molecule has 4 aromatic carbocycles.